The van der Waals surface area contributed by atoms with Gasteiger partial charge in [0, 0.05) is 31.9 Å². The van der Waals surface area contributed by atoms with Gasteiger partial charge in [0.25, 0.3) is 0 Å². The number of halogens is 1. The number of nitrogens with one attached hydrogen (secondary N) is 1. The molecule has 2 heterocycles. The predicted octanol–water partition coefficient (Wildman–Crippen LogP) is 2.89. The molecule has 31 heavy (non-hydrogen) atoms. The van der Waals surface area contributed by atoms with E-state index < -0.39 is 32.9 Å². The summed E-state index contributed by atoms with van der Waals surface area (Å²) in [6.07, 6.45) is 3.07. The van der Waals surface area contributed by atoms with E-state index in [1.165, 1.54) is 12.1 Å². The molecule has 1 amide bonds. The number of benzene rings is 1. The van der Waals surface area contributed by atoms with Crippen molar-refractivity contribution in [3.63, 3.8) is 0 Å². The molecule has 1 N–H and O–H groups in total. The van der Waals surface area contributed by atoms with Gasteiger partial charge in [0.2, 0.25) is 0 Å². The quantitative estimate of drug-likeness (QED) is 0.705. The van der Waals surface area contributed by atoms with Gasteiger partial charge in [-0.05, 0) is 42.7 Å². The monoisotopic (exact) mass is 460 g/mol. The molecule has 2 aromatic rings. The molecule has 1 aromatic heterocycles. The van der Waals surface area contributed by atoms with Crippen molar-refractivity contribution in [2.24, 2.45) is 0 Å². The Morgan fingerprint density at radius 2 is 2.00 bits per heavy atom. The fourth-order valence-electron chi connectivity index (χ4n) is 3.66. The summed E-state index contributed by atoms with van der Waals surface area (Å²) in [6.45, 7) is 0.565. The third-order valence-corrected chi connectivity index (χ3v) is 8.21. The molecule has 1 aliphatic carbocycles. The van der Waals surface area contributed by atoms with Crippen molar-refractivity contribution in [3.8, 4) is 6.07 Å². The van der Waals surface area contributed by atoms with Crippen molar-refractivity contribution in [2.45, 2.75) is 47.7 Å². The Labute approximate surface area is 185 Å². The predicted molar refractivity (Wildman–Crippen MR) is 113 cm³/mol. The standard InChI is InChI=1S/C21H21ClN4O4S/c22-17-3-1-2-4-18(17)31(28,29)16-11-19(30-20(27)25-21(14-23)7-8-21)26(13-16)12-15-5-9-24-10-6-15/h1-6,9-10,16,19H,7-8,11-13H2,(H,25,27)/t16-,19+/m1/s1. The number of alkyl carbamates (subject to hydrolysis) is 1. The first-order valence-corrected chi connectivity index (χ1v) is 11.8. The smallest absolute Gasteiger partial charge is 0.409 e. The van der Waals surface area contributed by atoms with Gasteiger partial charge in [-0.2, -0.15) is 5.26 Å². The highest BCUT2D eigenvalue weighted by molar-refractivity contribution is 7.92. The van der Waals surface area contributed by atoms with Crippen molar-refractivity contribution < 1.29 is 17.9 Å². The third-order valence-electron chi connectivity index (χ3n) is 5.58. The molecule has 1 aromatic carbocycles. The number of likely N-dealkylation sites (tertiary alicyclic amines) is 1. The summed E-state index contributed by atoms with van der Waals surface area (Å²) in [5.74, 6) is 0. The summed E-state index contributed by atoms with van der Waals surface area (Å²) in [4.78, 5) is 18.3. The number of nitriles is 1. The number of carbonyl (C=O) groups is 1. The molecule has 2 aliphatic rings. The number of hydrogen-bond donors (Lipinski definition) is 1. The van der Waals surface area contributed by atoms with E-state index in [9.17, 15) is 18.5 Å². The summed E-state index contributed by atoms with van der Waals surface area (Å²) in [7, 11) is -3.74. The number of aromatic nitrogens is 1. The molecule has 8 nitrogen and oxygen atoms in total. The van der Waals surface area contributed by atoms with Crippen LogP contribution in [0.15, 0.2) is 53.7 Å². The van der Waals surface area contributed by atoms with Gasteiger partial charge in [-0.15, -0.1) is 0 Å². The Morgan fingerprint density at radius 1 is 1.29 bits per heavy atom. The SMILES string of the molecule is N#CC1(NC(=O)O[C@H]2C[C@@H](S(=O)(=O)c3ccccc3Cl)CN2Cc2ccncc2)CC1. The number of rotatable bonds is 6. The van der Waals surface area contributed by atoms with E-state index in [1.54, 1.807) is 29.4 Å². The normalized spacial score (nSPS) is 22.5. The van der Waals surface area contributed by atoms with Crippen LogP contribution < -0.4 is 5.32 Å². The molecule has 1 aliphatic heterocycles. The molecule has 162 valence electrons. The first-order valence-electron chi connectivity index (χ1n) is 9.84. The fourth-order valence-corrected chi connectivity index (χ4v) is 5.89. The van der Waals surface area contributed by atoms with Gasteiger partial charge in [-0.25, -0.2) is 13.2 Å². The van der Waals surface area contributed by atoms with E-state index in [2.05, 4.69) is 16.4 Å². The number of amides is 1. The summed E-state index contributed by atoms with van der Waals surface area (Å²) < 4.78 is 32.1. The summed E-state index contributed by atoms with van der Waals surface area (Å²) in [5.41, 5.74) is 0.0461. The average molecular weight is 461 g/mol. The van der Waals surface area contributed by atoms with Crippen LogP contribution in [-0.2, 0) is 21.1 Å². The fraction of sp³-hybridized carbons (Fsp3) is 0.381. The molecule has 1 saturated heterocycles. The highest BCUT2D eigenvalue weighted by atomic mass is 35.5. The molecule has 1 saturated carbocycles. The van der Waals surface area contributed by atoms with Crippen LogP contribution in [0.2, 0.25) is 5.02 Å². The Balaban J connectivity index is 1.55. The maximum absolute atomic E-state index is 13.2. The second-order valence-electron chi connectivity index (χ2n) is 7.80. The van der Waals surface area contributed by atoms with Gasteiger partial charge < -0.3 is 10.1 Å². The van der Waals surface area contributed by atoms with Crippen LogP contribution in [0.25, 0.3) is 0 Å². The second kappa shape index (κ2) is 8.46. The highest BCUT2D eigenvalue weighted by Gasteiger charge is 2.47. The van der Waals surface area contributed by atoms with Crippen molar-refractivity contribution in [3.05, 3.63) is 59.4 Å². The van der Waals surface area contributed by atoms with Crippen LogP contribution in [0.3, 0.4) is 0 Å². The first-order chi connectivity index (χ1) is 14.8. The van der Waals surface area contributed by atoms with Gasteiger partial charge in [-0.1, -0.05) is 23.7 Å². The van der Waals surface area contributed by atoms with Gasteiger partial charge in [0.15, 0.2) is 16.1 Å². The zero-order chi connectivity index (χ0) is 22.1. The number of pyridine rings is 1. The topological polar surface area (TPSA) is 112 Å². The number of hydrogen-bond acceptors (Lipinski definition) is 7. The maximum atomic E-state index is 13.2. The van der Waals surface area contributed by atoms with Crippen molar-refractivity contribution >= 4 is 27.5 Å². The summed E-state index contributed by atoms with van der Waals surface area (Å²) in [5, 5.41) is 11.1. The molecule has 4 rings (SSSR count). The lowest BCUT2D eigenvalue weighted by Gasteiger charge is -2.24. The zero-order valence-corrected chi connectivity index (χ0v) is 18.1. The maximum Gasteiger partial charge on any atom is 0.409 e. The molecular formula is C21H21ClN4O4S. The van der Waals surface area contributed by atoms with Crippen LogP contribution in [0.5, 0.6) is 0 Å². The average Bonchev–Trinajstić information content (AvgIpc) is 3.41. The molecule has 2 atom stereocenters. The number of sulfone groups is 1. The van der Waals surface area contributed by atoms with Crippen LogP contribution >= 0.6 is 11.6 Å². The van der Waals surface area contributed by atoms with Crippen LogP contribution in [-0.4, -0.2) is 48.0 Å². The molecule has 0 unspecified atom stereocenters. The Bertz CT molecular complexity index is 1120. The van der Waals surface area contributed by atoms with E-state index >= 15 is 0 Å². The molecule has 10 heteroatoms. The molecular weight excluding hydrogens is 440 g/mol. The highest BCUT2D eigenvalue weighted by Crippen LogP contribution is 2.35. The molecule has 0 bridgehead atoms. The first kappa shape index (κ1) is 21.6. The molecule has 0 spiro atoms. The van der Waals surface area contributed by atoms with Gasteiger partial charge in [-0.3, -0.25) is 9.88 Å². The Hall–Kier alpha value is -2.67. The Morgan fingerprint density at radius 3 is 2.65 bits per heavy atom. The van der Waals surface area contributed by atoms with E-state index in [0.717, 1.165) is 5.56 Å². The minimum atomic E-state index is -3.74. The van der Waals surface area contributed by atoms with Crippen LogP contribution in [0.4, 0.5) is 4.79 Å². The number of carbonyl (C=O) groups excluding carboxylic acids is 1. The molecule has 2 fully saturated rings. The molecule has 0 radical (unpaired) electrons. The lowest BCUT2D eigenvalue weighted by molar-refractivity contribution is 0.00804. The van der Waals surface area contributed by atoms with Crippen molar-refractivity contribution in [2.75, 3.05) is 6.54 Å². The second-order valence-corrected chi connectivity index (χ2v) is 10.4. The lowest BCUT2D eigenvalue weighted by atomic mass is 10.2. The van der Waals surface area contributed by atoms with Crippen LogP contribution in [0, 0.1) is 11.3 Å². The number of nitrogens with zero attached hydrogens (tertiary/aromatic N) is 3. The van der Waals surface area contributed by atoms with Crippen molar-refractivity contribution in [1.29, 1.82) is 5.26 Å². The summed E-state index contributed by atoms with van der Waals surface area (Å²) in [6, 6.07) is 12.0. The Kier molecular flexibility index (Phi) is 5.88. The van der Waals surface area contributed by atoms with Gasteiger partial charge in [0.05, 0.1) is 21.2 Å². The van der Waals surface area contributed by atoms with E-state index in [4.69, 9.17) is 16.3 Å². The van der Waals surface area contributed by atoms with E-state index in [-0.39, 0.29) is 22.9 Å². The van der Waals surface area contributed by atoms with Gasteiger partial charge >= 0.3 is 6.09 Å². The third kappa shape index (κ3) is 4.66. The largest absolute Gasteiger partial charge is 0.430 e. The number of ether oxygens (including phenoxy) is 1. The zero-order valence-electron chi connectivity index (χ0n) is 16.6. The van der Waals surface area contributed by atoms with E-state index in [0.29, 0.717) is 19.4 Å². The van der Waals surface area contributed by atoms with Gasteiger partial charge in [0.1, 0.15) is 5.54 Å². The van der Waals surface area contributed by atoms with Crippen molar-refractivity contribution in [1.82, 2.24) is 15.2 Å². The minimum absolute atomic E-state index is 0.0667. The lowest BCUT2D eigenvalue weighted by Crippen LogP contribution is -2.41. The van der Waals surface area contributed by atoms with E-state index in [1.807, 2.05) is 12.1 Å². The summed E-state index contributed by atoms with van der Waals surface area (Å²) >= 11 is 6.14. The van der Waals surface area contributed by atoms with Crippen LogP contribution in [0.1, 0.15) is 24.8 Å². The minimum Gasteiger partial charge on any atom is -0.430 e.